The number of allylic oxidation sites excluding steroid dienone is 3. The van der Waals surface area contributed by atoms with E-state index in [0.29, 0.717) is 6.42 Å². The molecule has 0 saturated carbocycles. The summed E-state index contributed by atoms with van der Waals surface area (Å²) in [5.74, 6) is -0.821. The SMILES string of the molecule is CC(C)[SiH-](O)(C1=CC=CC(C)(C(=O)O)C1)C(C)C. The van der Waals surface area contributed by atoms with Crippen LogP contribution >= 0.6 is 0 Å². The minimum atomic E-state index is -2.92. The van der Waals surface area contributed by atoms with Crippen LogP contribution in [-0.4, -0.2) is 24.2 Å². The van der Waals surface area contributed by atoms with Gasteiger partial charge in [0.25, 0.3) is 0 Å². The molecule has 0 aromatic heterocycles. The first kappa shape index (κ1) is 15.2. The van der Waals surface area contributed by atoms with Crippen molar-refractivity contribution >= 4 is 14.3 Å². The first-order valence-electron chi connectivity index (χ1n) is 6.65. The molecule has 3 nitrogen and oxygen atoms in total. The van der Waals surface area contributed by atoms with E-state index in [0.717, 1.165) is 5.20 Å². The quantitative estimate of drug-likeness (QED) is 0.771. The van der Waals surface area contributed by atoms with Crippen molar-refractivity contribution in [3.8, 4) is 0 Å². The van der Waals surface area contributed by atoms with Crippen molar-refractivity contribution < 1.29 is 14.7 Å². The topological polar surface area (TPSA) is 57.5 Å². The van der Waals surface area contributed by atoms with E-state index in [-0.39, 0.29) is 11.1 Å². The second-order valence-corrected chi connectivity index (χ2v) is 11.8. The molecular weight excluding hydrogens is 244 g/mol. The molecule has 0 radical (unpaired) electrons. The molecule has 2 N–H and O–H groups in total. The Morgan fingerprint density at radius 1 is 1.33 bits per heavy atom. The standard InChI is InChI=1S/C14H25O3Si/c1-10(2)18(17,11(3)4)12-7-6-8-14(5,9-12)13(15)16/h6-8,10-11,17-18H,9H2,1-5H3,(H,15,16)/q-1. The Labute approximate surface area is 110 Å². The number of hydrogen-bond donors (Lipinski definition) is 2. The van der Waals surface area contributed by atoms with Crippen LogP contribution < -0.4 is 0 Å². The van der Waals surface area contributed by atoms with Crippen LogP contribution in [0.15, 0.2) is 23.4 Å². The average Bonchev–Trinajstić information content (AvgIpc) is 2.27. The van der Waals surface area contributed by atoms with Gasteiger partial charge in [0.15, 0.2) is 0 Å². The third-order valence-electron chi connectivity index (χ3n) is 4.46. The predicted molar refractivity (Wildman–Crippen MR) is 77.1 cm³/mol. The molecule has 0 bridgehead atoms. The zero-order valence-corrected chi connectivity index (χ0v) is 13.1. The van der Waals surface area contributed by atoms with Crippen LogP contribution in [0.3, 0.4) is 0 Å². The summed E-state index contributed by atoms with van der Waals surface area (Å²) in [5, 5.41) is 10.3. The van der Waals surface area contributed by atoms with Gasteiger partial charge in [0.1, 0.15) is 0 Å². The van der Waals surface area contributed by atoms with Crippen molar-refractivity contribution in [3.05, 3.63) is 23.4 Å². The van der Waals surface area contributed by atoms with Crippen molar-refractivity contribution in [2.24, 2.45) is 5.41 Å². The van der Waals surface area contributed by atoms with E-state index in [1.807, 2.05) is 33.8 Å². The first-order valence-corrected chi connectivity index (χ1v) is 9.08. The Morgan fingerprint density at radius 3 is 2.22 bits per heavy atom. The van der Waals surface area contributed by atoms with Crippen molar-refractivity contribution in [1.82, 2.24) is 0 Å². The molecule has 104 valence electrons. The maximum atomic E-state index is 11.3. The summed E-state index contributed by atoms with van der Waals surface area (Å²) < 4.78 is 0. The number of aliphatic carboxylic acids is 1. The van der Waals surface area contributed by atoms with Gasteiger partial charge >= 0.3 is 110 Å². The fourth-order valence-electron chi connectivity index (χ4n) is 3.02. The van der Waals surface area contributed by atoms with E-state index in [1.165, 1.54) is 0 Å². The molecule has 0 fully saturated rings. The van der Waals surface area contributed by atoms with Crippen LogP contribution in [0.25, 0.3) is 0 Å². The van der Waals surface area contributed by atoms with E-state index in [9.17, 15) is 14.7 Å². The second-order valence-electron chi connectivity index (χ2n) is 6.44. The molecule has 0 aliphatic heterocycles. The van der Waals surface area contributed by atoms with Crippen LogP contribution in [0.1, 0.15) is 41.0 Å². The Morgan fingerprint density at radius 2 is 1.83 bits per heavy atom. The normalized spacial score (nSPS) is 25.4. The minimum absolute atomic E-state index is 0.216. The molecule has 1 aliphatic carbocycles. The fourth-order valence-corrected chi connectivity index (χ4v) is 7.44. The first-order chi connectivity index (χ1) is 8.14. The Balaban J connectivity index is 3.15. The summed E-state index contributed by atoms with van der Waals surface area (Å²) in [6.07, 6.45) is 5.90. The van der Waals surface area contributed by atoms with Gasteiger partial charge in [0, 0.05) is 0 Å². The van der Waals surface area contributed by atoms with Gasteiger partial charge in [0.05, 0.1) is 0 Å². The number of carbonyl (C=O) groups is 1. The van der Waals surface area contributed by atoms with E-state index >= 15 is 0 Å². The molecule has 1 unspecified atom stereocenters. The van der Waals surface area contributed by atoms with Crippen molar-refractivity contribution in [2.75, 3.05) is 0 Å². The van der Waals surface area contributed by atoms with Gasteiger partial charge in [-0.05, 0) is 0 Å². The number of rotatable bonds is 4. The van der Waals surface area contributed by atoms with Crippen LogP contribution in [0.2, 0.25) is 11.1 Å². The van der Waals surface area contributed by atoms with Crippen LogP contribution in [0, 0.1) is 5.41 Å². The van der Waals surface area contributed by atoms with E-state index in [1.54, 1.807) is 19.1 Å². The van der Waals surface area contributed by atoms with Crippen LogP contribution in [-0.2, 0) is 4.79 Å². The van der Waals surface area contributed by atoms with Gasteiger partial charge in [0.2, 0.25) is 0 Å². The maximum absolute atomic E-state index is 11.3. The molecule has 4 heteroatoms. The predicted octanol–water partition coefficient (Wildman–Crippen LogP) is 2.99. The van der Waals surface area contributed by atoms with Gasteiger partial charge < -0.3 is 0 Å². The molecular formula is C14H25O3Si-. The molecule has 0 aromatic rings. The third-order valence-corrected chi connectivity index (χ3v) is 10.1. The molecule has 1 rings (SSSR count). The molecule has 18 heavy (non-hydrogen) atoms. The Kier molecular flexibility index (Phi) is 4.23. The fraction of sp³-hybridized carbons (Fsp3) is 0.643. The van der Waals surface area contributed by atoms with Gasteiger partial charge in [-0.3, -0.25) is 0 Å². The van der Waals surface area contributed by atoms with Gasteiger partial charge in [-0.2, -0.15) is 0 Å². The molecule has 0 amide bonds. The van der Waals surface area contributed by atoms with Crippen molar-refractivity contribution in [1.29, 1.82) is 0 Å². The summed E-state index contributed by atoms with van der Waals surface area (Å²) in [7, 11) is -2.92. The molecule has 0 aromatic carbocycles. The summed E-state index contributed by atoms with van der Waals surface area (Å²) in [6.45, 7) is 9.90. The van der Waals surface area contributed by atoms with Gasteiger partial charge in [-0.25, -0.2) is 0 Å². The molecule has 1 aliphatic rings. The summed E-state index contributed by atoms with van der Waals surface area (Å²) in [4.78, 5) is 22.4. The van der Waals surface area contributed by atoms with E-state index < -0.39 is 19.7 Å². The number of carboxylic acid groups (broad SMARTS) is 1. The van der Waals surface area contributed by atoms with Crippen molar-refractivity contribution in [2.45, 2.75) is 52.1 Å². The van der Waals surface area contributed by atoms with E-state index in [2.05, 4.69) is 0 Å². The van der Waals surface area contributed by atoms with Gasteiger partial charge in [-0.15, -0.1) is 0 Å². The number of hydrogen-bond acceptors (Lipinski definition) is 2. The summed E-state index contributed by atoms with van der Waals surface area (Å²) in [5.41, 5.74) is -0.441. The second kappa shape index (κ2) is 5.01. The van der Waals surface area contributed by atoms with Crippen molar-refractivity contribution in [3.63, 3.8) is 0 Å². The molecule has 0 heterocycles. The Bertz CT molecular complexity index is 388. The zero-order valence-electron chi connectivity index (χ0n) is 12.0. The zero-order chi connectivity index (χ0) is 14.1. The monoisotopic (exact) mass is 269 g/mol. The Hall–Kier alpha value is -0.873. The van der Waals surface area contributed by atoms with Gasteiger partial charge in [-0.1, -0.05) is 0 Å². The summed E-state index contributed by atoms with van der Waals surface area (Å²) in [6, 6.07) is 0. The molecule has 1 atom stereocenters. The molecule has 0 saturated heterocycles. The number of carboxylic acids is 1. The summed E-state index contributed by atoms with van der Waals surface area (Å²) >= 11 is 0. The molecule has 0 spiro atoms. The third kappa shape index (κ3) is 2.45. The average molecular weight is 269 g/mol. The van der Waals surface area contributed by atoms with Crippen LogP contribution in [0.5, 0.6) is 0 Å². The van der Waals surface area contributed by atoms with Crippen LogP contribution in [0.4, 0.5) is 0 Å². The van der Waals surface area contributed by atoms with E-state index in [4.69, 9.17) is 0 Å².